The molecule has 1 aliphatic heterocycles. The van der Waals surface area contributed by atoms with Gasteiger partial charge in [0, 0.05) is 18.7 Å². The highest BCUT2D eigenvalue weighted by molar-refractivity contribution is 5.96. The van der Waals surface area contributed by atoms with Gasteiger partial charge < -0.3 is 10.0 Å². The summed E-state index contributed by atoms with van der Waals surface area (Å²) < 4.78 is 0. The third-order valence-electron chi connectivity index (χ3n) is 3.89. The van der Waals surface area contributed by atoms with Gasteiger partial charge in [-0.2, -0.15) is 0 Å². The fourth-order valence-corrected chi connectivity index (χ4v) is 2.33. The first-order valence-electron chi connectivity index (χ1n) is 6.68. The van der Waals surface area contributed by atoms with E-state index in [0.29, 0.717) is 13.1 Å². The highest BCUT2D eigenvalue weighted by Gasteiger charge is 2.26. The summed E-state index contributed by atoms with van der Waals surface area (Å²) in [6, 6.07) is 7.75. The van der Waals surface area contributed by atoms with Crippen LogP contribution in [0.5, 0.6) is 0 Å². The maximum absolute atomic E-state index is 12.3. The van der Waals surface area contributed by atoms with E-state index in [1.165, 1.54) is 0 Å². The number of rotatable bonds is 4. The van der Waals surface area contributed by atoms with Gasteiger partial charge in [0.2, 0.25) is 0 Å². The summed E-state index contributed by atoms with van der Waals surface area (Å²) in [4.78, 5) is 14.1. The van der Waals surface area contributed by atoms with Gasteiger partial charge in [0.05, 0.1) is 6.10 Å². The Kier molecular flexibility index (Phi) is 4.02. The molecule has 2 atom stereocenters. The molecule has 1 amide bonds. The minimum atomic E-state index is -0.427. The van der Waals surface area contributed by atoms with Gasteiger partial charge in [0.25, 0.3) is 5.91 Å². The molecule has 0 aliphatic carbocycles. The molecule has 0 saturated heterocycles. The molecular formula is C15H21NO2. The topological polar surface area (TPSA) is 40.5 Å². The lowest BCUT2D eigenvalue weighted by Crippen LogP contribution is -2.43. The van der Waals surface area contributed by atoms with Gasteiger partial charge in [0.1, 0.15) is 0 Å². The van der Waals surface area contributed by atoms with Gasteiger partial charge >= 0.3 is 0 Å². The number of aliphatic hydroxyl groups is 1. The number of hydrogen-bond donors (Lipinski definition) is 1. The fourth-order valence-electron chi connectivity index (χ4n) is 2.33. The van der Waals surface area contributed by atoms with Crippen molar-refractivity contribution in [2.75, 3.05) is 13.1 Å². The number of nitrogens with zero attached hydrogens (tertiary/aromatic N) is 1. The predicted molar refractivity (Wildman–Crippen MR) is 71.5 cm³/mol. The van der Waals surface area contributed by atoms with E-state index >= 15 is 0 Å². The molecule has 98 valence electrons. The molecule has 1 aromatic rings. The lowest BCUT2D eigenvalue weighted by molar-refractivity contribution is 0.0477. The van der Waals surface area contributed by atoms with Crippen LogP contribution in [0.15, 0.2) is 24.3 Å². The lowest BCUT2D eigenvalue weighted by Gasteiger charge is -2.31. The SMILES string of the molecule is CCC(C)C(O)CN1CCc2ccccc2C1=O. The third-order valence-corrected chi connectivity index (χ3v) is 3.89. The number of fused-ring (bicyclic) bond motifs is 1. The molecule has 3 nitrogen and oxygen atoms in total. The van der Waals surface area contributed by atoms with Crippen molar-refractivity contribution in [3.8, 4) is 0 Å². The minimum absolute atomic E-state index is 0.0548. The molecule has 0 radical (unpaired) electrons. The number of benzene rings is 1. The summed E-state index contributed by atoms with van der Waals surface area (Å²) in [6.45, 7) is 5.24. The lowest BCUT2D eigenvalue weighted by atomic mass is 9.97. The molecule has 1 aromatic carbocycles. The summed E-state index contributed by atoms with van der Waals surface area (Å²) in [5.74, 6) is 0.286. The van der Waals surface area contributed by atoms with Crippen LogP contribution >= 0.6 is 0 Å². The van der Waals surface area contributed by atoms with Crippen LogP contribution in [0.2, 0.25) is 0 Å². The normalized spacial score (nSPS) is 18.4. The quantitative estimate of drug-likeness (QED) is 0.885. The van der Waals surface area contributed by atoms with E-state index in [2.05, 4.69) is 6.92 Å². The fraction of sp³-hybridized carbons (Fsp3) is 0.533. The van der Waals surface area contributed by atoms with Crippen LogP contribution in [0.3, 0.4) is 0 Å². The number of hydrogen-bond acceptors (Lipinski definition) is 2. The van der Waals surface area contributed by atoms with Crippen molar-refractivity contribution >= 4 is 5.91 Å². The first-order valence-corrected chi connectivity index (χ1v) is 6.68. The van der Waals surface area contributed by atoms with Gasteiger partial charge in [-0.15, -0.1) is 0 Å². The molecule has 18 heavy (non-hydrogen) atoms. The summed E-state index contributed by atoms with van der Waals surface area (Å²) in [5, 5.41) is 10.0. The summed E-state index contributed by atoms with van der Waals surface area (Å²) in [7, 11) is 0. The Bertz CT molecular complexity index is 430. The molecule has 0 fully saturated rings. The Morgan fingerprint density at radius 2 is 2.11 bits per heavy atom. The van der Waals surface area contributed by atoms with Gasteiger partial charge in [-0.05, 0) is 24.0 Å². The zero-order chi connectivity index (χ0) is 13.1. The first kappa shape index (κ1) is 13.1. The second-order valence-electron chi connectivity index (χ2n) is 5.11. The molecule has 0 bridgehead atoms. The predicted octanol–water partition coefficient (Wildman–Crippen LogP) is 2.09. The van der Waals surface area contributed by atoms with Crippen molar-refractivity contribution in [1.82, 2.24) is 4.90 Å². The monoisotopic (exact) mass is 247 g/mol. The highest BCUT2D eigenvalue weighted by Crippen LogP contribution is 2.20. The van der Waals surface area contributed by atoms with Gasteiger partial charge in [-0.25, -0.2) is 0 Å². The van der Waals surface area contributed by atoms with E-state index in [0.717, 1.165) is 24.0 Å². The van der Waals surface area contributed by atoms with Crippen LogP contribution in [-0.2, 0) is 6.42 Å². The van der Waals surface area contributed by atoms with E-state index in [9.17, 15) is 9.90 Å². The van der Waals surface area contributed by atoms with Gasteiger partial charge in [-0.1, -0.05) is 38.5 Å². The van der Waals surface area contributed by atoms with Crippen LogP contribution < -0.4 is 0 Å². The number of amides is 1. The smallest absolute Gasteiger partial charge is 0.254 e. The molecule has 3 heteroatoms. The molecule has 0 aromatic heterocycles. The van der Waals surface area contributed by atoms with E-state index in [4.69, 9.17) is 0 Å². The Morgan fingerprint density at radius 1 is 1.39 bits per heavy atom. The number of carbonyl (C=O) groups is 1. The molecule has 1 aliphatic rings. The van der Waals surface area contributed by atoms with Crippen molar-refractivity contribution in [3.05, 3.63) is 35.4 Å². The minimum Gasteiger partial charge on any atom is -0.391 e. The Balaban J connectivity index is 2.08. The third kappa shape index (κ3) is 2.56. The van der Waals surface area contributed by atoms with Crippen molar-refractivity contribution in [3.63, 3.8) is 0 Å². The highest BCUT2D eigenvalue weighted by atomic mass is 16.3. The number of carbonyl (C=O) groups excluding carboxylic acids is 1. The van der Waals surface area contributed by atoms with Crippen LogP contribution in [0, 0.1) is 5.92 Å². The van der Waals surface area contributed by atoms with Gasteiger partial charge in [0.15, 0.2) is 0 Å². The van der Waals surface area contributed by atoms with Crippen molar-refractivity contribution in [1.29, 1.82) is 0 Å². The van der Waals surface area contributed by atoms with E-state index in [-0.39, 0.29) is 11.8 Å². The molecule has 0 spiro atoms. The maximum Gasteiger partial charge on any atom is 0.254 e. The Morgan fingerprint density at radius 3 is 2.83 bits per heavy atom. The van der Waals surface area contributed by atoms with Crippen molar-refractivity contribution < 1.29 is 9.90 Å². The van der Waals surface area contributed by atoms with Crippen molar-refractivity contribution in [2.45, 2.75) is 32.8 Å². The van der Waals surface area contributed by atoms with Crippen LogP contribution in [0.1, 0.15) is 36.2 Å². The van der Waals surface area contributed by atoms with Crippen LogP contribution in [-0.4, -0.2) is 35.1 Å². The zero-order valence-corrected chi connectivity index (χ0v) is 11.1. The second-order valence-corrected chi connectivity index (χ2v) is 5.11. The van der Waals surface area contributed by atoms with E-state index in [1.54, 1.807) is 4.90 Å². The largest absolute Gasteiger partial charge is 0.391 e. The van der Waals surface area contributed by atoms with Gasteiger partial charge in [-0.3, -0.25) is 4.79 Å². The summed E-state index contributed by atoms with van der Waals surface area (Å²) >= 11 is 0. The zero-order valence-electron chi connectivity index (χ0n) is 11.1. The summed E-state index contributed by atoms with van der Waals surface area (Å²) in [5.41, 5.74) is 1.91. The average Bonchev–Trinajstić information content (AvgIpc) is 2.41. The molecule has 2 rings (SSSR count). The number of β-amino-alcohol motifs (C(OH)–C–C–N with tert-alkyl or cyclic N) is 1. The molecule has 0 saturated carbocycles. The molecular weight excluding hydrogens is 226 g/mol. The molecule has 1 N–H and O–H groups in total. The number of aliphatic hydroxyl groups excluding tert-OH is 1. The van der Waals surface area contributed by atoms with E-state index < -0.39 is 6.10 Å². The standard InChI is InChI=1S/C15H21NO2/c1-3-11(2)14(17)10-16-9-8-12-6-4-5-7-13(12)15(16)18/h4-7,11,14,17H,3,8-10H2,1-2H3. The molecule has 1 heterocycles. The van der Waals surface area contributed by atoms with Crippen LogP contribution in [0.25, 0.3) is 0 Å². The Hall–Kier alpha value is -1.35. The van der Waals surface area contributed by atoms with Crippen molar-refractivity contribution in [2.24, 2.45) is 5.92 Å². The summed E-state index contributed by atoms with van der Waals surface area (Å²) in [6.07, 6.45) is 1.39. The Labute approximate surface area is 108 Å². The average molecular weight is 247 g/mol. The maximum atomic E-state index is 12.3. The molecule has 2 unspecified atom stereocenters. The van der Waals surface area contributed by atoms with E-state index in [1.807, 2.05) is 31.2 Å². The second kappa shape index (κ2) is 5.53. The first-order chi connectivity index (χ1) is 8.63. The van der Waals surface area contributed by atoms with Crippen LogP contribution in [0.4, 0.5) is 0 Å².